The molecule has 1 amide bonds. The second kappa shape index (κ2) is 5.63. The molecule has 0 saturated carbocycles. The first kappa shape index (κ1) is 11.9. The fraction of sp³-hybridized carbons (Fsp3) is 0.500. The van der Waals surface area contributed by atoms with Crippen LogP contribution in [0.3, 0.4) is 0 Å². The SMILES string of the molecule is Nc1ccc(NC(=O)CCC2CCCO2)cn1. The molecular weight excluding hydrogens is 218 g/mol. The van der Waals surface area contributed by atoms with Gasteiger partial charge in [-0.15, -0.1) is 0 Å². The molecule has 2 heterocycles. The third-order valence-corrected chi connectivity index (χ3v) is 2.79. The zero-order valence-electron chi connectivity index (χ0n) is 9.69. The van der Waals surface area contributed by atoms with Crippen molar-refractivity contribution >= 4 is 17.4 Å². The highest BCUT2D eigenvalue weighted by atomic mass is 16.5. The molecular formula is C12H17N3O2. The molecule has 1 atom stereocenters. The van der Waals surface area contributed by atoms with Crippen LogP contribution in [0.15, 0.2) is 18.3 Å². The topological polar surface area (TPSA) is 77.2 Å². The molecule has 92 valence electrons. The molecule has 1 unspecified atom stereocenters. The van der Waals surface area contributed by atoms with Gasteiger partial charge in [0.1, 0.15) is 5.82 Å². The van der Waals surface area contributed by atoms with Crippen molar-refractivity contribution in [2.45, 2.75) is 31.8 Å². The van der Waals surface area contributed by atoms with Gasteiger partial charge < -0.3 is 15.8 Å². The summed E-state index contributed by atoms with van der Waals surface area (Å²) < 4.78 is 5.46. The summed E-state index contributed by atoms with van der Waals surface area (Å²) in [7, 11) is 0. The van der Waals surface area contributed by atoms with Crippen LogP contribution >= 0.6 is 0 Å². The van der Waals surface area contributed by atoms with Crippen LogP contribution in [0.4, 0.5) is 11.5 Å². The number of carbonyl (C=O) groups is 1. The maximum absolute atomic E-state index is 11.6. The smallest absolute Gasteiger partial charge is 0.224 e. The molecule has 0 radical (unpaired) electrons. The highest BCUT2D eigenvalue weighted by Crippen LogP contribution is 2.17. The van der Waals surface area contributed by atoms with Crippen LogP contribution in [0.25, 0.3) is 0 Å². The number of nitrogen functional groups attached to an aromatic ring is 1. The van der Waals surface area contributed by atoms with E-state index in [2.05, 4.69) is 10.3 Å². The van der Waals surface area contributed by atoms with Gasteiger partial charge >= 0.3 is 0 Å². The summed E-state index contributed by atoms with van der Waals surface area (Å²) in [5, 5.41) is 2.78. The van der Waals surface area contributed by atoms with Gasteiger partial charge in [0.15, 0.2) is 0 Å². The minimum Gasteiger partial charge on any atom is -0.384 e. The van der Waals surface area contributed by atoms with Crippen molar-refractivity contribution < 1.29 is 9.53 Å². The van der Waals surface area contributed by atoms with Gasteiger partial charge in [-0.1, -0.05) is 0 Å². The summed E-state index contributed by atoms with van der Waals surface area (Å²) in [6.45, 7) is 0.828. The van der Waals surface area contributed by atoms with Gasteiger partial charge in [0, 0.05) is 13.0 Å². The van der Waals surface area contributed by atoms with Crippen molar-refractivity contribution in [3.8, 4) is 0 Å². The first-order valence-corrected chi connectivity index (χ1v) is 5.87. The van der Waals surface area contributed by atoms with Crippen LogP contribution in [0, 0.1) is 0 Å². The van der Waals surface area contributed by atoms with Crippen LogP contribution in [-0.2, 0) is 9.53 Å². The molecule has 0 aliphatic carbocycles. The van der Waals surface area contributed by atoms with Crippen molar-refractivity contribution in [1.82, 2.24) is 4.98 Å². The molecule has 17 heavy (non-hydrogen) atoms. The number of nitrogens with one attached hydrogen (secondary N) is 1. The predicted octanol–water partition coefficient (Wildman–Crippen LogP) is 1.56. The summed E-state index contributed by atoms with van der Waals surface area (Å²) in [4.78, 5) is 15.5. The van der Waals surface area contributed by atoms with Crippen molar-refractivity contribution in [1.29, 1.82) is 0 Å². The van der Waals surface area contributed by atoms with E-state index in [0.717, 1.165) is 25.9 Å². The number of ether oxygens (including phenoxy) is 1. The van der Waals surface area contributed by atoms with Gasteiger partial charge in [-0.05, 0) is 31.4 Å². The fourth-order valence-electron chi connectivity index (χ4n) is 1.87. The Labute approximate surface area is 100 Å². The lowest BCUT2D eigenvalue weighted by molar-refractivity contribution is -0.116. The second-order valence-corrected chi connectivity index (χ2v) is 4.19. The van der Waals surface area contributed by atoms with E-state index in [4.69, 9.17) is 10.5 Å². The van der Waals surface area contributed by atoms with E-state index in [-0.39, 0.29) is 12.0 Å². The number of amides is 1. The summed E-state index contributed by atoms with van der Waals surface area (Å²) in [6.07, 6.45) is 5.25. The van der Waals surface area contributed by atoms with Crippen LogP contribution in [0.2, 0.25) is 0 Å². The van der Waals surface area contributed by atoms with E-state index < -0.39 is 0 Å². The van der Waals surface area contributed by atoms with Gasteiger partial charge in [-0.3, -0.25) is 4.79 Å². The molecule has 2 rings (SSSR count). The van der Waals surface area contributed by atoms with Crippen LogP contribution in [0.1, 0.15) is 25.7 Å². The Morgan fingerprint density at radius 2 is 2.47 bits per heavy atom. The summed E-state index contributed by atoms with van der Waals surface area (Å²) in [5.74, 6) is 0.439. The maximum atomic E-state index is 11.6. The molecule has 0 aromatic carbocycles. The lowest BCUT2D eigenvalue weighted by Gasteiger charge is -2.09. The van der Waals surface area contributed by atoms with Crippen LogP contribution < -0.4 is 11.1 Å². The van der Waals surface area contributed by atoms with Crippen molar-refractivity contribution in [3.63, 3.8) is 0 Å². The monoisotopic (exact) mass is 235 g/mol. The van der Waals surface area contributed by atoms with Gasteiger partial charge in [0.05, 0.1) is 18.0 Å². The molecule has 1 fully saturated rings. The Bertz CT molecular complexity index is 372. The van der Waals surface area contributed by atoms with Crippen LogP contribution in [0.5, 0.6) is 0 Å². The third-order valence-electron chi connectivity index (χ3n) is 2.79. The molecule has 1 saturated heterocycles. The summed E-state index contributed by atoms with van der Waals surface area (Å²) >= 11 is 0. The molecule has 5 heteroatoms. The standard InChI is InChI=1S/C12H17N3O2/c13-11-5-3-9(8-14-11)15-12(16)6-4-10-2-1-7-17-10/h3,5,8,10H,1-2,4,6-7H2,(H2,13,14)(H,15,16). The number of nitrogens with two attached hydrogens (primary N) is 1. The highest BCUT2D eigenvalue weighted by molar-refractivity contribution is 5.90. The predicted molar refractivity (Wildman–Crippen MR) is 65.5 cm³/mol. The summed E-state index contributed by atoms with van der Waals surface area (Å²) in [6, 6.07) is 3.40. The first-order valence-electron chi connectivity index (χ1n) is 5.87. The Balaban J connectivity index is 1.74. The number of aromatic nitrogens is 1. The number of hydrogen-bond acceptors (Lipinski definition) is 4. The summed E-state index contributed by atoms with van der Waals surface area (Å²) in [5.41, 5.74) is 6.14. The molecule has 0 spiro atoms. The largest absolute Gasteiger partial charge is 0.384 e. The Hall–Kier alpha value is -1.62. The number of rotatable bonds is 4. The molecule has 1 aromatic rings. The second-order valence-electron chi connectivity index (χ2n) is 4.19. The van der Waals surface area contributed by atoms with E-state index >= 15 is 0 Å². The molecule has 5 nitrogen and oxygen atoms in total. The molecule has 0 bridgehead atoms. The number of hydrogen-bond donors (Lipinski definition) is 2. The van der Waals surface area contributed by atoms with Crippen molar-refractivity contribution in [2.24, 2.45) is 0 Å². The van der Waals surface area contributed by atoms with E-state index in [0.29, 0.717) is 17.9 Å². The molecule has 1 aliphatic rings. The van der Waals surface area contributed by atoms with Crippen molar-refractivity contribution in [3.05, 3.63) is 18.3 Å². The van der Waals surface area contributed by atoms with E-state index in [1.54, 1.807) is 18.3 Å². The van der Waals surface area contributed by atoms with Gasteiger partial charge in [0.2, 0.25) is 5.91 Å². The first-order chi connectivity index (χ1) is 8.24. The lowest BCUT2D eigenvalue weighted by Crippen LogP contribution is -2.15. The highest BCUT2D eigenvalue weighted by Gasteiger charge is 2.16. The molecule has 1 aromatic heterocycles. The Kier molecular flexibility index (Phi) is 3.93. The molecule has 3 N–H and O–H groups in total. The van der Waals surface area contributed by atoms with Crippen molar-refractivity contribution in [2.75, 3.05) is 17.7 Å². The molecule has 1 aliphatic heterocycles. The number of pyridine rings is 1. The Morgan fingerprint density at radius 3 is 3.12 bits per heavy atom. The van der Waals surface area contributed by atoms with Gasteiger partial charge in [0.25, 0.3) is 0 Å². The van der Waals surface area contributed by atoms with E-state index in [1.165, 1.54) is 0 Å². The van der Waals surface area contributed by atoms with Crippen LogP contribution in [-0.4, -0.2) is 23.6 Å². The average molecular weight is 235 g/mol. The van der Waals surface area contributed by atoms with E-state index in [9.17, 15) is 4.79 Å². The zero-order valence-corrected chi connectivity index (χ0v) is 9.69. The normalized spacial score (nSPS) is 19.2. The zero-order chi connectivity index (χ0) is 12.1. The fourth-order valence-corrected chi connectivity index (χ4v) is 1.87. The third kappa shape index (κ3) is 3.71. The number of carbonyl (C=O) groups excluding carboxylic acids is 1. The van der Waals surface area contributed by atoms with E-state index in [1.807, 2.05) is 0 Å². The maximum Gasteiger partial charge on any atom is 0.224 e. The lowest BCUT2D eigenvalue weighted by atomic mass is 10.1. The number of anilines is 2. The minimum atomic E-state index is -0.00734. The minimum absolute atomic E-state index is 0.00734. The van der Waals surface area contributed by atoms with Gasteiger partial charge in [-0.25, -0.2) is 4.98 Å². The van der Waals surface area contributed by atoms with Gasteiger partial charge in [-0.2, -0.15) is 0 Å². The Morgan fingerprint density at radius 1 is 1.59 bits per heavy atom. The number of nitrogens with zero attached hydrogens (tertiary/aromatic N) is 1. The quantitative estimate of drug-likeness (QED) is 0.830. The average Bonchev–Trinajstić information content (AvgIpc) is 2.83.